The number of nitrogens with zero attached hydrogens (tertiary/aromatic N) is 1. The Morgan fingerprint density at radius 1 is 1.21 bits per heavy atom. The molecule has 1 heterocycles. The van der Waals surface area contributed by atoms with Crippen molar-refractivity contribution in [3.05, 3.63) is 65.0 Å². The third kappa shape index (κ3) is 3.65. The Bertz CT molecular complexity index is 534. The van der Waals surface area contributed by atoms with E-state index in [0.29, 0.717) is 6.04 Å². The minimum Gasteiger partial charge on any atom is -0.305 e. The van der Waals surface area contributed by atoms with Gasteiger partial charge in [0.05, 0.1) is 5.69 Å². The molecule has 0 spiro atoms. The first-order chi connectivity index (χ1) is 9.20. The van der Waals surface area contributed by atoms with Gasteiger partial charge in [-0.05, 0) is 37.5 Å². The third-order valence-corrected chi connectivity index (χ3v) is 3.48. The standard InChI is InChI=1S/C17H22N2/c1-4-15-9-6-10-18-17(15)12-19-14(3)16-8-5-7-13(2)11-16/h5-11,14,19H,4,12H2,1-3H3. The van der Waals surface area contributed by atoms with Crippen molar-refractivity contribution < 1.29 is 0 Å². The lowest BCUT2D eigenvalue weighted by molar-refractivity contribution is 0.565. The highest BCUT2D eigenvalue weighted by atomic mass is 14.9. The number of aryl methyl sites for hydroxylation is 2. The molecule has 0 aliphatic heterocycles. The van der Waals surface area contributed by atoms with Crippen LogP contribution in [0.3, 0.4) is 0 Å². The number of hydrogen-bond donors (Lipinski definition) is 1. The summed E-state index contributed by atoms with van der Waals surface area (Å²) in [6.45, 7) is 7.32. The smallest absolute Gasteiger partial charge is 0.0573 e. The molecule has 0 aliphatic rings. The molecule has 0 amide bonds. The summed E-state index contributed by atoms with van der Waals surface area (Å²) in [4.78, 5) is 4.47. The first-order valence-electron chi connectivity index (χ1n) is 6.93. The quantitative estimate of drug-likeness (QED) is 0.877. The molecule has 0 saturated carbocycles. The molecule has 19 heavy (non-hydrogen) atoms. The molecule has 0 bridgehead atoms. The van der Waals surface area contributed by atoms with Crippen molar-refractivity contribution in [3.8, 4) is 0 Å². The summed E-state index contributed by atoms with van der Waals surface area (Å²) in [5.41, 5.74) is 5.11. The largest absolute Gasteiger partial charge is 0.305 e. The summed E-state index contributed by atoms with van der Waals surface area (Å²) in [6, 6.07) is 13.1. The van der Waals surface area contributed by atoms with E-state index in [9.17, 15) is 0 Å². The first kappa shape index (κ1) is 13.8. The van der Waals surface area contributed by atoms with Crippen molar-refractivity contribution in [2.45, 2.75) is 39.8 Å². The highest BCUT2D eigenvalue weighted by Gasteiger charge is 2.07. The summed E-state index contributed by atoms with van der Waals surface area (Å²) in [5.74, 6) is 0. The maximum Gasteiger partial charge on any atom is 0.0573 e. The van der Waals surface area contributed by atoms with Gasteiger partial charge in [-0.1, -0.05) is 42.8 Å². The monoisotopic (exact) mass is 254 g/mol. The van der Waals surface area contributed by atoms with E-state index in [1.165, 1.54) is 16.7 Å². The number of pyridine rings is 1. The summed E-state index contributed by atoms with van der Waals surface area (Å²) in [5, 5.41) is 3.55. The fraction of sp³-hybridized carbons (Fsp3) is 0.353. The van der Waals surface area contributed by atoms with Gasteiger partial charge in [-0.3, -0.25) is 4.98 Å². The molecule has 100 valence electrons. The fourth-order valence-corrected chi connectivity index (χ4v) is 2.26. The van der Waals surface area contributed by atoms with Crippen LogP contribution in [0.15, 0.2) is 42.6 Å². The van der Waals surface area contributed by atoms with Crippen molar-refractivity contribution in [3.63, 3.8) is 0 Å². The van der Waals surface area contributed by atoms with E-state index in [4.69, 9.17) is 0 Å². The Hall–Kier alpha value is -1.67. The van der Waals surface area contributed by atoms with Gasteiger partial charge in [-0.25, -0.2) is 0 Å². The second-order valence-electron chi connectivity index (χ2n) is 4.98. The Morgan fingerprint density at radius 3 is 2.79 bits per heavy atom. The predicted molar refractivity (Wildman–Crippen MR) is 80.0 cm³/mol. The first-order valence-corrected chi connectivity index (χ1v) is 6.93. The Kier molecular flexibility index (Phi) is 4.69. The summed E-state index contributed by atoms with van der Waals surface area (Å²) < 4.78 is 0. The van der Waals surface area contributed by atoms with Crippen LogP contribution < -0.4 is 5.32 Å². The van der Waals surface area contributed by atoms with Gasteiger partial charge in [0.1, 0.15) is 0 Å². The van der Waals surface area contributed by atoms with Crippen LogP contribution in [0.25, 0.3) is 0 Å². The molecule has 2 heteroatoms. The summed E-state index contributed by atoms with van der Waals surface area (Å²) in [6.07, 6.45) is 2.90. The molecule has 1 aromatic heterocycles. The third-order valence-electron chi connectivity index (χ3n) is 3.48. The van der Waals surface area contributed by atoms with Crippen LogP contribution in [0.4, 0.5) is 0 Å². The molecule has 2 rings (SSSR count). The zero-order chi connectivity index (χ0) is 13.7. The lowest BCUT2D eigenvalue weighted by Crippen LogP contribution is -2.19. The van der Waals surface area contributed by atoms with Crippen molar-refractivity contribution >= 4 is 0 Å². The molecule has 2 aromatic rings. The molecular formula is C17H22N2. The predicted octanol–water partition coefficient (Wildman–Crippen LogP) is 3.80. The molecule has 0 saturated heterocycles. The van der Waals surface area contributed by atoms with E-state index in [-0.39, 0.29) is 0 Å². The Labute approximate surface area is 115 Å². The van der Waals surface area contributed by atoms with Crippen molar-refractivity contribution in [2.24, 2.45) is 0 Å². The van der Waals surface area contributed by atoms with E-state index in [2.05, 4.69) is 61.4 Å². The van der Waals surface area contributed by atoms with Gasteiger partial charge in [0.25, 0.3) is 0 Å². The second-order valence-corrected chi connectivity index (χ2v) is 4.98. The van der Waals surface area contributed by atoms with Crippen molar-refractivity contribution in [1.82, 2.24) is 10.3 Å². The topological polar surface area (TPSA) is 24.9 Å². The van der Waals surface area contributed by atoms with Crippen LogP contribution >= 0.6 is 0 Å². The normalized spacial score (nSPS) is 12.4. The Morgan fingerprint density at radius 2 is 2.05 bits per heavy atom. The lowest BCUT2D eigenvalue weighted by atomic mass is 10.1. The van der Waals surface area contributed by atoms with Crippen molar-refractivity contribution in [1.29, 1.82) is 0 Å². The van der Waals surface area contributed by atoms with E-state index < -0.39 is 0 Å². The molecule has 1 atom stereocenters. The van der Waals surface area contributed by atoms with Crippen LogP contribution in [0.5, 0.6) is 0 Å². The average molecular weight is 254 g/mol. The van der Waals surface area contributed by atoms with Gasteiger partial charge in [0.2, 0.25) is 0 Å². The van der Waals surface area contributed by atoms with Gasteiger partial charge < -0.3 is 5.32 Å². The minimum absolute atomic E-state index is 0.339. The van der Waals surface area contributed by atoms with Crippen LogP contribution in [-0.4, -0.2) is 4.98 Å². The molecule has 1 unspecified atom stereocenters. The number of nitrogens with one attached hydrogen (secondary N) is 1. The van der Waals surface area contributed by atoms with Gasteiger partial charge in [0, 0.05) is 18.8 Å². The maximum atomic E-state index is 4.47. The highest BCUT2D eigenvalue weighted by Crippen LogP contribution is 2.15. The molecule has 2 nitrogen and oxygen atoms in total. The number of benzene rings is 1. The van der Waals surface area contributed by atoms with Crippen molar-refractivity contribution in [2.75, 3.05) is 0 Å². The molecule has 1 aromatic carbocycles. The number of aromatic nitrogens is 1. The molecule has 0 radical (unpaired) electrons. The summed E-state index contributed by atoms with van der Waals surface area (Å²) >= 11 is 0. The zero-order valence-electron chi connectivity index (χ0n) is 12.0. The molecular weight excluding hydrogens is 232 g/mol. The fourth-order valence-electron chi connectivity index (χ4n) is 2.26. The van der Waals surface area contributed by atoms with E-state index in [0.717, 1.165) is 18.7 Å². The van der Waals surface area contributed by atoms with Gasteiger partial charge in [-0.2, -0.15) is 0 Å². The second kappa shape index (κ2) is 6.48. The molecule has 0 fully saturated rings. The van der Waals surface area contributed by atoms with E-state index in [1.54, 1.807) is 0 Å². The van der Waals surface area contributed by atoms with Gasteiger partial charge in [-0.15, -0.1) is 0 Å². The van der Waals surface area contributed by atoms with Gasteiger partial charge in [0.15, 0.2) is 0 Å². The maximum absolute atomic E-state index is 4.47. The van der Waals surface area contributed by atoms with Crippen LogP contribution in [0.2, 0.25) is 0 Å². The minimum atomic E-state index is 0.339. The highest BCUT2D eigenvalue weighted by molar-refractivity contribution is 5.25. The van der Waals surface area contributed by atoms with E-state index >= 15 is 0 Å². The van der Waals surface area contributed by atoms with E-state index in [1.807, 2.05) is 12.3 Å². The number of rotatable bonds is 5. The molecule has 1 N–H and O–H groups in total. The lowest BCUT2D eigenvalue weighted by Gasteiger charge is -2.15. The molecule has 0 aliphatic carbocycles. The van der Waals surface area contributed by atoms with Crippen LogP contribution in [-0.2, 0) is 13.0 Å². The van der Waals surface area contributed by atoms with Gasteiger partial charge >= 0.3 is 0 Å². The SMILES string of the molecule is CCc1cccnc1CNC(C)c1cccc(C)c1. The zero-order valence-corrected chi connectivity index (χ0v) is 12.0. The average Bonchev–Trinajstić information content (AvgIpc) is 2.45. The number of hydrogen-bond acceptors (Lipinski definition) is 2. The summed E-state index contributed by atoms with van der Waals surface area (Å²) in [7, 11) is 0. The van der Waals surface area contributed by atoms with Crippen LogP contribution in [0.1, 0.15) is 42.3 Å². The van der Waals surface area contributed by atoms with Crippen LogP contribution in [0, 0.1) is 6.92 Å². The Balaban J connectivity index is 2.02.